The van der Waals surface area contributed by atoms with Crippen LogP contribution in [0, 0.1) is 5.92 Å². The Kier molecular flexibility index (Phi) is 4.45. The average Bonchev–Trinajstić information content (AvgIpc) is 2.98. The van der Waals surface area contributed by atoms with Crippen molar-refractivity contribution >= 4 is 0 Å². The van der Waals surface area contributed by atoms with Gasteiger partial charge in [-0.2, -0.15) is 0 Å². The molecule has 0 radical (unpaired) electrons. The van der Waals surface area contributed by atoms with Gasteiger partial charge in [-0.25, -0.2) is 0 Å². The van der Waals surface area contributed by atoms with Gasteiger partial charge in [-0.05, 0) is 25.2 Å². The first kappa shape index (κ1) is 13.3. The van der Waals surface area contributed by atoms with Crippen LogP contribution in [-0.4, -0.2) is 42.8 Å². The highest BCUT2D eigenvalue weighted by molar-refractivity contribution is 4.99. The molecule has 2 rings (SSSR count). The van der Waals surface area contributed by atoms with E-state index in [-0.39, 0.29) is 5.54 Å². The second-order valence-electron chi connectivity index (χ2n) is 6.22. The predicted molar refractivity (Wildman–Crippen MR) is 71.0 cm³/mol. The maximum absolute atomic E-state index is 6.09. The van der Waals surface area contributed by atoms with E-state index in [1.165, 1.54) is 32.2 Å². The summed E-state index contributed by atoms with van der Waals surface area (Å²) in [6.45, 7) is 8.26. The van der Waals surface area contributed by atoms with Crippen molar-refractivity contribution in [3.05, 3.63) is 0 Å². The molecule has 1 aliphatic heterocycles. The molecule has 0 spiro atoms. The fourth-order valence-electron chi connectivity index (χ4n) is 3.44. The topological polar surface area (TPSA) is 38.5 Å². The molecule has 1 atom stereocenters. The molecule has 0 aromatic heterocycles. The number of hydrogen-bond acceptors (Lipinski definition) is 3. The zero-order valence-corrected chi connectivity index (χ0v) is 11.5. The molecule has 3 heteroatoms. The lowest BCUT2D eigenvalue weighted by Crippen LogP contribution is -2.58. The molecule has 17 heavy (non-hydrogen) atoms. The SMILES string of the molecule is CC(C)CN(C1CCCC1)C1(CN)CCOC1. The van der Waals surface area contributed by atoms with Gasteiger partial charge in [-0.1, -0.05) is 26.7 Å². The van der Waals surface area contributed by atoms with E-state index in [0.717, 1.165) is 32.2 Å². The summed E-state index contributed by atoms with van der Waals surface area (Å²) in [4.78, 5) is 2.71. The van der Waals surface area contributed by atoms with Crippen molar-refractivity contribution in [1.82, 2.24) is 4.90 Å². The minimum absolute atomic E-state index is 0.138. The predicted octanol–water partition coefficient (Wildman–Crippen LogP) is 2.00. The fourth-order valence-corrected chi connectivity index (χ4v) is 3.44. The molecule has 100 valence electrons. The smallest absolute Gasteiger partial charge is 0.0663 e. The van der Waals surface area contributed by atoms with Gasteiger partial charge in [0, 0.05) is 25.7 Å². The number of hydrogen-bond donors (Lipinski definition) is 1. The van der Waals surface area contributed by atoms with Crippen LogP contribution in [0.4, 0.5) is 0 Å². The molecule has 1 heterocycles. The van der Waals surface area contributed by atoms with Crippen LogP contribution in [0.2, 0.25) is 0 Å². The standard InChI is InChI=1S/C14H28N2O/c1-12(2)9-16(13-5-3-4-6-13)14(10-15)7-8-17-11-14/h12-13H,3-11,15H2,1-2H3. The van der Waals surface area contributed by atoms with Crippen LogP contribution < -0.4 is 5.73 Å². The summed E-state index contributed by atoms with van der Waals surface area (Å²) in [5.74, 6) is 0.708. The molecule has 0 bridgehead atoms. The number of nitrogens with two attached hydrogens (primary N) is 1. The van der Waals surface area contributed by atoms with Gasteiger partial charge >= 0.3 is 0 Å². The summed E-state index contributed by atoms with van der Waals surface area (Å²) in [5, 5.41) is 0. The lowest BCUT2D eigenvalue weighted by molar-refractivity contribution is 0.0272. The summed E-state index contributed by atoms with van der Waals surface area (Å²) in [6, 6.07) is 0.752. The molecule has 3 nitrogen and oxygen atoms in total. The highest BCUT2D eigenvalue weighted by atomic mass is 16.5. The van der Waals surface area contributed by atoms with Crippen LogP contribution in [0.15, 0.2) is 0 Å². The number of nitrogens with zero attached hydrogens (tertiary/aromatic N) is 1. The second kappa shape index (κ2) is 5.68. The van der Waals surface area contributed by atoms with E-state index in [1.54, 1.807) is 0 Å². The van der Waals surface area contributed by atoms with Gasteiger partial charge in [-0.3, -0.25) is 4.90 Å². The van der Waals surface area contributed by atoms with E-state index in [0.29, 0.717) is 5.92 Å². The lowest BCUT2D eigenvalue weighted by Gasteiger charge is -2.44. The highest BCUT2D eigenvalue weighted by Crippen LogP contribution is 2.34. The van der Waals surface area contributed by atoms with Crippen LogP contribution in [-0.2, 0) is 4.74 Å². The Balaban J connectivity index is 2.12. The summed E-state index contributed by atoms with van der Waals surface area (Å²) < 4.78 is 5.65. The minimum Gasteiger partial charge on any atom is -0.379 e. The Hall–Kier alpha value is -0.120. The van der Waals surface area contributed by atoms with Crippen molar-refractivity contribution in [1.29, 1.82) is 0 Å². The minimum atomic E-state index is 0.138. The molecule has 1 saturated carbocycles. The van der Waals surface area contributed by atoms with Gasteiger partial charge in [-0.15, -0.1) is 0 Å². The van der Waals surface area contributed by atoms with Crippen molar-refractivity contribution < 1.29 is 4.74 Å². The van der Waals surface area contributed by atoms with E-state index in [1.807, 2.05) is 0 Å². The Labute approximate surface area is 106 Å². The lowest BCUT2D eigenvalue weighted by atomic mass is 9.92. The fraction of sp³-hybridized carbons (Fsp3) is 1.00. The number of ether oxygens (including phenoxy) is 1. The molecule has 2 N–H and O–H groups in total. The van der Waals surface area contributed by atoms with Crippen molar-refractivity contribution in [3.8, 4) is 0 Å². The molecule has 1 aliphatic carbocycles. The zero-order valence-electron chi connectivity index (χ0n) is 11.5. The summed E-state index contributed by atoms with van der Waals surface area (Å²) >= 11 is 0. The third-order valence-corrected chi connectivity index (χ3v) is 4.40. The van der Waals surface area contributed by atoms with Crippen LogP contribution in [0.1, 0.15) is 46.0 Å². The molecule has 0 aromatic carbocycles. The number of rotatable bonds is 5. The summed E-state index contributed by atoms with van der Waals surface area (Å²) in [6.07, 6.45) is 6.61. The van der Waals surface area contributed by atoms with Crippen LogP contribution in [0.3, 0.4) is 0 Å². The normalized spacial score (nSPS) is 30.9. The molecule has 1 unspecified atom stereocenters. The van der Waals surface area contributed by atoms with Crippen LogP contribution in [0.25, 0.3) is 0 Å². The molecule has 0 amide bonds. The third-order valence-electron chi connectivity index (χ3n) is 4.40. The van der Waals surface area contributed by atoms with Crippen molar-refractivity contribution in [2.75, 3.05) is 26.3 Å². The van der Waals surface area contributed by atoms with Crippen molar-refractivity contribution in [2.45, 2.75) is 57.5 Å². The molecule has 2 fully saturated rings. The Morgan fingerprint density at radius 3 is 2.53 bits per heavy atom. The van der Waals surface area contributed by atoms with Gasteiger partial charge in [0.2, 0.25) is 0 Å². The van der Waals surface area contributed by atoms with E-state index < -0.39 is 0 Å². The summed E-state index contributed by atoms with van der Waals surface area (Å²) in [5.41, 5.74) is 6.23. The maximum atomic E-state index is 6.09. The van der Waals surface area contributed by atoms with Crippen molar-refractivity contribution in [3.63, 3.8) is 0 Å². The van der Waals surface area contributed by atoms with Gasteiger partial charge in [0.25, 0.3) is 0 Å². The quantitative estimate of drug-likeness (QED) is 0.799. The largest absolute Gasteiger partial charge is 0.379 e. The Morgan fingerprint density at radius 1 is 1.35 bits per heavy atom. The van der Waals surface area contributed by atoms with Gasteiger partial charge in [0.05, 0.1) is 12.1 Å². The first-order valence-electron chi connectivity index (χ1n) is 7.22. The van der Waals surface area contributed by atoms with Crippen LogP contribution >= 0.6 is 0 Å². The van der Waals surface area contributed by atoms with Gasteiger partial charge < -0.3 is 10.5 Å². The van der Waals surface area contributed by atoms with E-state index in [4.69, 9.17) is 10.5 Å². The van der Waals surface area contributed by atoms with Gasteiger partial charge in [0.1, 0.15) is 0 Å². The third kappa shape index (κ3) is 2.83. The first-order valence-corrected chi connectivity index (χ1v) is 7.22. The highest BCUT2D eigenvalue weighted by Gasteiger charge is 2.43. The van der Waals surface area contributed by atoms with Crippen LogP contribution in [0.5, 0.6) is 0 Å². The second-order valence-corrected chi connectivity index (χ2v) is 6.22. The average molecular weight is 240 g/mol. The molecule has 0 aromatic rings. The van der Waals surface area contributed by atoms with E-state index in [9.17, 15) is 0 Å². The monoisotopic (exact) mass is 240 g/mol. The Bertz CT molecular complexity index is 230. The first-order chi connectivity index (χ1) is 8.18. The zero-order chi connectivity index (χ0) is 12.3. The Morgan fingerprint density at radius 2 is 2.06 bits per heavy atom. The molecule has 2 aliphatic rings. The molecule has 1 saturated heterocycles. The molecular formula is C14H28N2O. The van der Waals surface area contributed by atoms with E-state index >= 15 is 0 Å². The molecular weight excluding hydrogens is 212 g/mol. The van der Waals surface area contributed by atoms with Crippen molar-refractivity contribution in [2.24, 2.45) is 11.7 Å². The summed E-state index contributed by atoms with van der Waals surface area (Å²) in [7, 11) is 0. The maximum Gasteiger partial charge on any atom is 0.0663 e. The van der Waals surface area contributed by atoms with Gasteiger partial charge in [0.15, 0.2) is 0 Å². The van der Waals surface area contributed by atoms with E-state index in [2.05, 4.69) is 18.7 Å².